The molecule has 1 saturated heterocycles. The molecule has 0 spiro atoms. The SMILES string of the molecule is N#Cc1n[nH]c2c(N3CCC(=O)CC3)ccc(Cl)c12. The van der Waals surface area contributed by atoms with E-state index in [0.29, 0.717) is 47.8 Å². The number of carbonyl (C=O) groups excluding carboxylic acids is 1. The van der Waals surface area contributed by atoms with E-state index in [1.807, 2.05) is 12.1 Å². The lowest BCUT2D eigenvalue weighted by Crippen LogP contribution is -2.33. The number of carbonyl (C=O) groups is 1. The summed E-state index contributed by atoms with van der Waals surface area (Å²) >= 11 is 6.13. The van der Waals surface area contributed by atoms with Crippen molar-refractivity contribution in [2.75, 3.05) is 18.0 Å². The third-order valence-electron chi connectivity index (χ3n) is 3.42. The smallest absolute Gasteiger partial charge is 0.171 e. The highest BCUT2D eigenvalue weighted by Gasteiger charge is 2.21. The molecule has 1 fully saturated rings. The maximum Gasteiger partial charge on any atom is 0.171 e. The summed E-state index contributed by atoms with van der Waals surface area (Å²) in [6.07, 6.45) is 1.12. The lowest BCUT2D eigenvalue weighted by Gasteiger charge is -2.28. The second-order valence-electron chi connectivity index (χ2n) is 4.53. The Kier molecular flexibility index (Phi) is 2.88. The summed E-state index contributed by atoms with van der Waals surface area (Å²) in [4.78, 5) is 13.4. The number of aromatic nitrogens is 2. The monoisotopic (exact) mass is 274 g/mol. The number of nitrogens with zero attached hydrogens (tertiary/aromatic N) is 3. The molecule has 2 heterocycles. The van der Waals surface area contributed by atoms with Crippen LogP contribution in [0.4, 0.5) is 5.69 Å². The van der Waals surface area contributed by atoms with Crippen LogP contribution in [0.25, 0.3) is 10.9 Å². The fraction of sp³-hybridized carbons (Fsp3) is 0.308. The molecule has 96 valence electrons. The number of nitriles is 1. The van der Waals surface area contributed by atoms with Gasteiger partial charge in [0.1, 0.15) is 11.9 Å². The first-order valence-corrected chi connectivity index (χ1v) is 6.42. The zero-order chi connectivity index (χ0) is 13.4. The number of hydrogen-bond acceptors (Lipinski definition) is 4. The second kappa shape index (κ2) is 4.56. The third-order valence-corrected chi connectivity index (χ3v) is 3.73. The van der Waals surface area contributed by atoms with E-state index in [-0.39, 0.29) is 0 Å². The molecule has 3 rings (SSSR count). The molecule has 0 radical (unpaired) electrons. The van der Waals surface area contributed by atoms with Crippen LogP contribution in [0.1, 0.15) is 18.5 Å². The lowest BCUT2D eigenvalue weighted by molar-refractivity contribution is -0.119. The Morgan fingerprint density at radius 1 is 1.37 bits per heavy atom. The molecule has 5 nitrogen and oxygen atoms in total. The number of benzene rings is 1. The minimum Gasteiger partial charge on any atom is -0.369 e. The second-order valence-corrected chi connectivity index (χ2v) is 4.93. The number of ketones is 1. The molecule has 0 bridgehead atoms. The summed E-state index contributed by atoms with van der Waals surface area (Å²) in [6.45, 7) is 1.38. The van der Waals surface area contributed by atoms with Gasteiger partial charge in [-0.2, -0.15) is 10.4 Å². The summed E-state index contributed by atoms with van der Waals surface area (Å²) in [6, 6.07) is 5.70. The largest absolute Gasteiger partial charge is 0.369 e. The summed E-state index contributed by atoms with van der Waals surface area (Å²) in [5, 5.41) is 17.1. The van der Waals surface area contributed by atoms with Crippen molar-refractivity contribution < 1.29 is 4.79 Å². The van der Waals surface area contributed by atoms with E-state index in [9.17, 15) is 4.79 Å². The minimum atomic E-state index is 0.295. The zero-order valence-corrected chi connectivity index (χ0v) is 10.9. The molecule has 1 aliphatic heterocycles. The van der Waals surface area contributed by atoms with Crippen LogP contribution < -0.4 is 4.90 Å². The van der Waals surface area contributed by atoms with Crippen molar-refractivity contribution >= 4 is 34.0 Å². The van der Waals surface area contributed by atoms with Gasteiger partial charge in [-0.05, 0) is 12.1 Å². The van der Waals surface area contributed by atoms with Crippen LogP contribution >= 0.6 is 11.6 Å². The summed E-state index contributed by atoms with van der Waals surface area (Å²) in [7, 11) is 0. The van der Waals surface area contributed by atoms with E-state index in [0.717, 1.165) is 11.2 Å². The number of piperidine rings is 1. The van der Waals surface area contributed by atoms with E-state index in [1.54, 1.807) is 6.07 Å². The van der Waals surface area contributed by atoms with E-state index < -0.39 is 0 Å². The molecule has 19 heavy (non-hydrogen) atoms. The molecule has 1 aliphatic rings. The predicted octanol–water partition coefficient (Wildman–Crippen LogP) is 2.26. The van der Waals surface area contributed by atoms with Gasteiger partial charge >= 0.3 is 0 Å². The standard InChI is InChI=1S/C13H11ClN4O/c14-9-1-2-11(18-5-3-8(19)4-6-18)13-12(9)10(7-15)16-17-13/h1-2H,3-6H2,(H,16,17). The van der Waals surface area contributed by atoms with Crippen LogP contribution in [-0.4, -0.2) is 29.1 Å². The Hall–Kier alpha value is -2.06. The highest BCUT2D eigenvalue weighted by atomic mass is 35.5. The number of rotatable bonds is 1. The van der Waals surface area contributed by atoms with E-state index in [4.69, 9.17) is 16.9 Å². The van der Waals surface area contributed by atoms with E-state index in [2.05, 4.69) is 15.1 Å². The Labute approximate surface area is 114 Å². The number of nitrogens with one attached hydrogen (secondary N) is 1. The highest BCUT2D eigenvalue weighted by Crippen LogP contribution is 2.33. The summed E-state index contributed by atoms with van der Waals surface area (Å²) < 4.78 is 0. The molecule has 2 aromatic rings. The van der Waals surface area contributed by atoms with Gasteiger partial charge in [0, 0.05) is 25.9 Å². The topological polar surface area (TPSA) is 72.8 Å². The van der Waals surface area contributed by atoms with Gasteiger partial charge in [-0.3, -0.25) is 9.89 Å². The highest BCUT2D eigenvalue weighted by molar-refractivity contribution is 6.36. The molecule has 0 unspecified atom stereocenters. The number of fused-ring (bicyclic) bond motifs is 1. The molecule has 0 atom stereocenters. The minimum absolute atomic E-state index is 0.295. The van der Waals surface area contributed by atoms with Crippen LogP contribution in [-0.2, 0) is 4.79 Å². The first kappa shape index (κ1) is 12.0. The van der Waals surface area contributed by atoms with Crippen LogP contribution in [0, 0.1) is 11.3 Å². The quantitative estimate of drug-likeness (QED) is 0.866. The summed E-state index contributed by atoms with van der Waals surface area (Å²) in [5.74, 6) is 0.295. The fourth-order valence-electron chi connectivity index (χ4n) is 2.42. The molecule has 0 saturated carbocycles. The van der Waals surface area contributed by atoms with E-state index >= 15 is 0 Å². The predicted molar refractivity (Wildman–Crippen MR) is 72.3 cm³/mol. The van der Waals surface area contributed by atoms with E-state index in [1.165, 1.54) is 0 Å². The van der Waals surface area contributed by atoms with Gasteiger partial charge in [0.15, 0.2) is 5.69 Å². The zero-order valence-electron chi connectivity index (χ0n) is 10.1. The average Bonchev–Trinajstić information content (AvgIpc) is 2.85. The van der Waals surface area contributed by atoms with Crippen LogP contribution in [0.15, 0.2) is 12.1 Å². The van der Waals surface area contributed by atoms with Crippen molar-refractivity contribution in [2.45, 2.75) is 12.8 Å². The van der Waals surface area contributed by atoms with Gasteiger partial charge < -0.3 is 4.90 Å². The van der Waals surface area contributed by atoms with Crippen molar-refractivity contribution in [1.82, 2.24) is 10.2 Å². The van der Waals surface area contributed by atoms with Crippen LogP contribution in [0.5, 0.6) is 0 Å². The maximum atomic E-state index is 11.3. The van der Waals surface area contributed by atoms with Crippen molar-refractivity contribution in [2.24, 2.45) is 0 Å². The molecule has 1 aromatic heterocycles. The average molecular weight is 275 g/mol. The molecule has 0 aliphatic carbocycles. The van der Waals surface area contributed by atoms with Gasteiger partial charge in [0.2, 0.25) is 0 Å². The third kappa shape index (κ3) is 1.94. The summed E-state index contributed by atoms with van der Waals surface area (Å²) in [5.41, 5.74) is 2.01. The van der Waals surface area contributed by atoms with Crippen molar-refractivity contribution in [3.05, 3.63) is 22.8 Å². The number of halogens is 1. The lowest BCUT2D eigenvalue weighted by atomic mass is 10.1. The number of hydrogen-bond donors (Lipinski definition) is 1. The molecule has 1 N–H and O–H groups in total. The fourth-order valence-corrected chi connectivity index (χ4v) is 2.67. The molecule has 1 aromatic carbocycles. The van der Waals surface area contributed by atoms with Crippen LogP contribution in [0.2, 0.25) is 5.02 Å². The van der Waals surface area contributed by atoms with Gasteiger partial charge in [0.05, 0.1) is 21.6 Å². The van der Waals surface area contributed by atoms with Gasteiger partial charge in [-0.15, -0.1) is 0 Å². The van der Waals surface area contributed by atoms with Crippen molar-refractivity contribution in [3.8, 4) is 6.07 Å². The Morgan fingerprint density at radius 3 is 2.79 bits per heavy atom. The first-order chi connectivity index (χ1) is 9.20. The van der Waals surface area contributed by atoms with Crippen molar-refractivity contribution in [1.29, 1.82) is 5.26 Å². The van der Waals surface area contributed by atoms with Gasteiger partial charge in [-0.25, -0.2) is 0 Å². The molecule has 6 heteroatoms. The Morgan fingerprint density at radius 2 is 2.11 bits per heavy atom. The number of aromatic amines is 1. The number of H-pyrrole nitrogens is 1. The number of anilines is 1. The maximum absolute atomic E-state index is 11.3. The Bertz CT molecular complexity index is 690. The van der Waals surface area contributed by atoms with Crippen LogP contribution in [0.3, 0.4) is 0 Å². The van der Waals surface area contributed by atoms with Gasteiger partial charge in [-0.1, -0.05) is 11.6 Å². The van der Waals surface area contributed by atoms with Gasteiger partial charge in [0.25, 0.3) is 0 Å². The van der Waals surface area contributed by atoms with Crippen molar-refractivity contribution in [3.63, 3.8) is 0 Å². The Balaban J connectivity index is 2.10. The molecule has 0 amide bonds. The molecular weight excluding hydrogens is 264 g/mol. The number of Topliss-reactive ketones (excluding diaryl/α,β-unsaturated/α-hetero) is 1. The molecular formula is C13H11ClN4O. The normalized spacial score (nSPS) is 15.8. The first-order valence-electron chi connectivity index (χ1n) is 6.04.